The number of benzene rings is 2. The quantitative estimate of drug-likeness (QED) is 0.598. The average molecular weight is 481 g/mol. The van der Waals surface area contributed by atoms with Crippen LogP contribution >= 0.6 is 0 Å². The first-order valence-electron chi connectivity index (χ1n) is 12.0. The van der Waals surface area contributed by atoms with Crippen LogP contribution in [0.3, 0.4) is 0 Å². The first kappa shape index (κ1) is 24.7. The Morgan fingerprint density at radius 3 is 2.14 bits per heavy atom. The van der Waals surface area contributed by atoms with Gasteiger partial charge in [-0.25, -0.2) is 9.59 Å². The van der Waals surface area contributed by atoms with Crippen molar-refractivity contribution in [2.75, 3.05) is 32.8 Å². The molecule has 4 rings (SSSR count). The Balaban J connectivity index is 1.26. The number of carboxylic acids is 1. The van der Waals surface area contributed by atoms with Crippen LogP contribution in [0.2, 0.25) is 0 Å². The minimum Gasteiger partial charge on any atom is -0.480 e. The van der Waals surface area contributed by atoms with Crippen LogP contribution in [0, 0.1) is 5.41 Å². The van der Waals surface area contributed by atoms with Gasteiger partial charge in [0, 0.05) is 25.6 Å². The van der Waals surface area contributed by atoms with E-state index in [0.29, 0.717) is 25.9 Å². The Kier molecular flexibility index (Phi) is 7.40. The number of ether oxygens (including phenoxy) is 2. The number of alkyl carbamates (subject to hydrolysis) is 1. The highest BCUT2D eigenvalue weighted by atomic mass is 16.5. The Morgan fingerprint density at radius 1 is 1.00 bits per heavy atom. The maximum atomic E-state index is 13.0. The van der Waals surface area contributed by atoms with Crippen LogP contribution in [0.25, 0.3) is 11.1 Å². The van der Waals surface area contributed by atoms with E-state index in [1.54, 1.807) is 18.7 Å². The van der Waals surface area contributed by atoms with E-state index in [-0.39, 0.29) is 37.7 Å². The average Bonchev–Trinajstić information content (AvgIpc) is 3.18. The third-order valence-corrected chi connectivity index (χ3v) is 6.77. The lowest BCUT2D eigenvalue weighted by Gasteiger charge is -2.36. The number of carbonyl (C=O) groups excluding carboxylic acids is 2. The summed E-state index contributed by atoms with van der Waals surface area (Å²) in [6.45, 7) is 4.64. The summed E-state index contributed by atoms with van der Waals surface area (Å²) in [4.78, 5) is 38.0. The Morgan fingerprint density at radius 2 is 1.57 bits per heavy atom. The van der Waals surface area contributed by atoms with Crippen molar-refractivity contribution >= 4 is 18.0 Å². The molecule has 0 atom stereocenters. The fourth-order valence-electron chi connectivity index (χ4n) is 4.86. The maximum absolute atomic E-state index is 13.0. The van der Waals surface area contributed by atoms with Gasteiger partial charge in [-0.2, -0.15) is 0 Å². The van der Waals surface area contributed by atoms with Gasteiger partial charge in [-0.3, -0.25) is 4.79 Å². The monoisotopic (exact) mass is 480 g/mol. The highest BCUT2D eigenvalue weighted by Crippen LogP contribution is 2.44. The predicted octanol–water partition coefficient (Wildman–Crippen LogP) is 3.64. The van der Waals surface area contributed by atoms with Crippen LogP contribution < -0.4 is 5.32 Å². The molecule has 0 radical (unpaired) electrons. The molecule has 1 aliphatic carbocycles. The van der Waals surface area contributed by atoms with Crippen LogP contribution in [0.1, 0.15) is 43.7 Å². The summed E-state index contributed by atoms with van der Waals surface area (Å²) in [5.41, 5.74) is 3.82. The van der Waals surface area contributed by atoms with E-state index in [0.717, 1.165) is 11.1 Å². The fraction of sp³-hybridized carbons (Fsp3) is 0.444. The van der Waals surface area contributed by atoms with Crippen molar-refractivity contribution in [3.63, 3.8) is 0 Å². The van der Waals surface area contributed by atoms with E-state index >= 15 is 0 Å². The number of aliphatic carboxylic acids is 1. The molecule has 1 aliphatic heterocycles. The van der Waals surface area contributed by atoms with Crippen LogP contribution in [0.5, 0.6) is 0 Å². The summed E-state index contributed by atoms with van der Waals surface area (Å²) in [6.07, 6.45) is 0.481. The largest absolute Gasteiger partial charge is 0.480 e. The number of carboxylic acid groups (broad SMARTS) is 1. The molecule has 2 aromatic rings. The van der Waals surface area contributed by atoms with Crippen LogP contribution in [0.15, 0.2) is 48.5 Å². The Labute approximate surface area is 205 Å². The van der Waals surface area contributed by atoms with Crippen molar-refractivity contribution < 1.29 is 29.0 Å². The molecule has 0 spiro atoms. The van der Waals surface area contributed by atoms with Gasteiger partial charge in [0.05, 0.1) is 11.5 Å². The van der Waals surface area contributed by atoms with Crippen molar-refractivity contribution in [1.29, 1.82) is 0 Å². The molecule has 1 heterocycles. The minimum absolute atomic E-state index is 0.0209. The second-order valence-electron chi connectivity index (χ2n) is 9.76. The Bertz CT molecular complexity index is 1050. The fourth-order valence-corrected chi connectivity index (χ4v) is 4.86. The standard InChI is InChI=1S/C27H32N2O6/c1-27(2,25(32)29-13-11-18(12-14-29)34-16-24(30)31)17-28-26(33)35-15-23-21-9-5-3-7-19(21)20-8-4-6-10-22(20)23/h3-10,18,23H,11-17H2,1-2H3,(H,28,33)(H,30,31). The van der Waals surface area contributed by atoms with E-state index in [9.17, 15) is 14.4 Å². The number of likely N-dealkylation sites (tertiary alicyclic amines) is 1. The number of piperidine rings is 1. The number of nitrogens with zero attached hydrogens (tertiary/aromatic N) is 1. The molecule has 35 heavy (non-hydrogen) atoms. The van der Waals surface area contributed by atoms with Gasteiger partial charge in [-0.1, -0.05) is 48.5 Å². The molecule has 1 fully saturated rings. The molecule has 0 unspecified atom stereocenters. The predicted molar refractivity (Wildman–Crippen MR) is 130 cm³/mol. The second kappa shape index (κ2) is 10.5. The SMILES string of the molecule is CC(C)(CNC(=O)OCC1c2ccccc2-c2ccccc21)C(=O)N1CCC(OCC(=O)O)CC1. The van der Waals surface area contributed by atoms with Gasteiger partial charge in [0.25, 0.3) is 0 Å². The van der Waals surface area contributed by atoms with Crippen molar-refractivity contribution in [3.8, 4) is 11.1 Å². The summed E-state index contributed by atoms with van der Waals surface area (Å²) in [6, 6.07) is 16.3. The molecule has 2 amide bonds. The zero-order chi connectivity index (χ0) is 25.0. The molecular weight excluding hydrogens is 448 g/mol. The normalized spacial score (nSPS) is 15.9. The van der Waals surface area contributed by atoms with E-state index in [1.807, 2.05) is 24.3 Å². The molecule has 2 N–H and O–H groups in total. The lowest BCUT2D eigenvalue weighted by atomic mass is 9.90. The summed E-state index contributed by atoms with van der Waals surface area (Å²) in [5, 5.41) is 11.5. The molecule has 8 heteroatoms. The molecule has 2 aromatic carbocycles. The van der Waals surface area contributed by atoms with E-state index < -0.39 is 17.5 Å². The zero-order valence-electron chi connectivity index (χ0n) is 20.2. The first-order chi connectivity index (χ1) is 16.8. The van der Waals surface area contributed by atoms with E-state index in [1.165, 1.54) is 11.1 Å². The highest BCUT2D eigenvalue weighted by Gasteiger charge is 2.35. The number of hydrogen-bond donors (Lipinski definition) is 2. The summed E-state index contributed by atoms with van der Waals surface area (Å²) in [5.74, 6) is -1.08. The van der Waals surface area contributed by atoms with Gasteiger partial charge in [-0.15, -0.1) is 0 Å². The number of nitrogens with one attached hydrogen (secondary N) is 1. The Hall–Kier alpha value is -3.39. The van der Waals surface area contributed by atoms with E-state index in [4.69, 9.17) is 14.6 Å². The van der Waals surface area contributed by atoms with Crippen molar-refractivity contribution in [1.82, 2.24) is 10.2 Å². The molecule has 186 valence electrons. The molecule has 8 nitrogen and oxygen atoms in total. The highest BCUT2D eigenvalue weighted by molar-refractivity contribution is 5.83. The summed E-state index contributed by atoms with van der Waals surface area (Å²) >= 11 is 0. The number of rotatable bonds is 8. The molecule has 0 bridgehead atoms. The molecule has 0 aromatic heterocycles. The van der Waals surface area contributed by atoms with Gasteiger partial charge >= 0.3 is 12.1 Å². The van der Waals surface area contributed by atoms with Crippen LogP contribution in [-0.2, 0) is 19.1 Å². The topological polar surface area (TPSA) is 105 Å². The van der Waals surface area contributed by atoms with Crippen molar-refractivity contribution in [3.05, 3.63) is 59.7 Å². The smallest absolute Gasteiger partial charge is 0.407 e. The third-order valence-electron chi connectivity index (χ3n) is 6.77. The van der Waals surface area contributed by atoms with Gasteiger partial charge in [0.1, 0.15) is 13.2 Å². The number of hydrogen-bond acceptors (Lipinski definition) is 5. The number of carbonyl (C=O) groups is 3. The lowest BCUT2D eigenvalue weighted by Crippen LogP contribution is -2.50. The minimum atomic E-state index is -0.996. The summed E-state index contributed by atoms with van der Waals surface area (Å²) < 4.78 is 10.9. The third kappa shape index (κ3) is 5.65. The van der Waals surface area contributed by atoms with Gasteiger partial charge in [0.15, 0.2) is 0 Å². The first-order valence-corrected chi connectivity index (χ1v) is 12.0. The van der Waals surface area contributed by atoms with Gasteiger partial charge in [-0.05, 0) is 48.9 Å². The van der Waals surface area contributed by atoms with Crippen molar-refractivity contribution in [2.45, 2.75) is 38.7 Å². The van der Waals surface area contributed by atoms with E-state index in [2.05, 4.69) is 29.6 Å². The molecule has 1 saturated heterocycles. The van der Waals surface area contributed by atoms with Crippen LogP contribution in [-0.4, -0.2) is 66.9 Å². The van der Waals surface area contributed by atoms with Gasteiger partial charge in [0.2, 0.25) is 5.91 Å². The molecule has 2 aliphatic rings. The van der Waals surface area contributed by atoms with Crippen molar-refractivity contribution in [2.24, 2.45) is 5.41 Å². The molecule has 0 saturated carbocycles. The lowest BCUT2D eigenvalue weighted by molar-refractivity contribution is -0.149. The van der Waals surface area contributed by atoms with Gasteiger partial charge < -0.3 is 24.8 Å². The molecular formula is C27H32N2O6. The zero-order valence-corrected chi connectivity index (χ0v) is 20.2. The second-order valence-corrected chi connectivity index (χ2v) is 9.76. The number of fused-ring (bicyclic) bond motifs is 3. The van der Waals surface area contributed by atoms with Crippen LogP contribution in [0.4, 0.5) is 4.79 Å². The summed E-state index contributed by atoms with van der Waals surface area (Å²) in [7, 11) is 0. The number of amides is 2. The maximum Gasteiger partial charge on any atom is 0.407 e.